The monoisotopic (exact) mass is 422 g/mol. The molecule has 0 aliphatic heterocycles. The molecule has 3 heteroatoms. The zero-order chi connectivity index (χ0) is 19.2. The molecule has 0 radical (unpaired) electrons. The van der Waals surface area contributed by atoms with E-state index in [1.165, 1.54) is 9.75 Å². The Morgan fingerprint density at radius 2 is 1.08 bits per heavy atom. The summed E-state index contributed by atoms with van der Waals surface area (Å²) in [6.07, 6.45) is 0. The van der Waals surface area contributed by atoms with E-state index in [0.29, 0.717) is 14.5 Å². The molecule has 0 N–H and O–H groups in total. The number of furan rings is 1. The summed E-state index contributed by atoms with van der Waals surface area (Å²) in [5.41, 5.74) is 0. The Labute approximate surface area is 163 Å². The van der Waals surface area contributed by atoms with Gasteiger partial charge in [0.05, 0.1) is 0 Å². The first-order valence-corrected chi connectivity index (χ1v) is 10.7. The van der Waals surface area contributed by atoms with Crippen LogP contribution in [0, 0.1) is 53.4 Å². The molecule has 0 atom stereocenters. The van der Waals surface area contributed by atoms with Gasteiger partial charge in [-0.15, -0.1) is 23.2 Å². The molecule has 3 aromatic heterocycles. The standard InChI is InChI=1S/C6H8O.C6H8S.C6H8Se.C4H6/c3*1-5-3-4-6(2)7-5;1-3-4-2/h3*3-4H,1-2H3;1-2H3. The molecule has 0 unspecified atom stereocenters. The zero-order valence-corrected chi connectivity index (χ0v) is 19.2. The van der Waals surface area contributed by atoms with Gasteiger partial charge in [-0.1, -0.05) is 0 Å². The second-order valence-corrected chi connectivity index (χ2v) is 10.1. The Balaban J connectivity index is 0.000000314. The van der Waals surface area contributed by atoms with Gasteiger partial charge in [-0.3, -0.25) is 0 Å². The third kappa shape index (κ3) is 13.5. The number of aryl methyl sites for hydroxylation is 6. The summed E-state index contributed by atoms with van der Waals surface area (Å²) >= 11 is 2.55. The fraction of sp³-hybridized carbons (Fsp3) is 0.364. The first kappa shape index (κ1) is 23.5. The summed E-state index contributed by atoms with van der Waals surface area (Å²) in [5, 5.41) is 0. The molecule has 1 nitrogen and oxygen atoms in total. The number of hydrogen-bond donors (Lipinski definition) is 0. The van der Waals surface area contributed by atoms with Crippen LogP contribution in [0.4, 0.5) is 0 Å². The van der Waals surface area contributed by atoms with Gasteiger partial charge in [-0.2, -0.15) is 0 Å². The molecule has 0 saturated carbocycles. The predicted octanol–water partition coefficient (Wildman–Crippen LogP) is 6.65. The number of hydrogen-bond acceptors (Lipinski definition) is 2. The van der Waals surface area contributed by atoms with Crippen LogP contribution in [-0.4, -0.2) is 14.5 Å². The normalized spacial score (nSPS) is 8.48. The van der Waals surface area contributed by atoms with E-state index in [1.54, 1.807) is 8.87 Å². The molecule has 0 aromatic carbocycles. The van der Waals surface area contributed by atoms with Crippen molar-refractivity contribution in [1.29, 1.82) is 0 Å². The summed E-state index contributed by atoms with van der Waals surface area (Å²) in [7, 11) is 0. The molecule has 0 saturated heterocycles. The van der Waals surface area contributed by atoms with Crippen molar-refractivity contribution in [1.82, 2.24) is 0 Å². The molecule has 25 heavy (non-hydrogen) atoms. The summed E-state index contributed by atoms with van der Waals surface area (Å²) in [4.78, 5) is 2.80. The largest absolute Gasteiger partial charge is 0.467 e. The molecule has 0 amide bonds. The van der Waals surface area contributed by atoms with Crippen LogP contribution >= 0.6 is 11.3 Å². The van der Waals surface area contributed by atoms with Gasteiger partial charge >= 0.3 is 49.4 Å². The maximum Gasteiger partial charge on any atom is 0.101 e. The van der Waals surface area contributed by atoms with Crippen molar-refractivity contribution in [3.05, 3.63) is 66.5 Å². The van der Waals surface area contributed by atoms with Crippen LogP contribution in [0.3, 0.4) is 0 Å². The molecule has 0 spiro atoms. The molecule has 3 aromatic rings. The molecule has 0 bridgehead atoms. The Morgan fingerprint density at radius 1 is 0.680 bits per heavy atom. The SMILES string of the molecule is CC#CC.Cc1ccc(C)[se]1.Cc1ccc(C)o1.Cc1ccc(C)s1. The molecule has 3 rings (SSSR count). The van der Waals surface area contributed by atoms with E-state index in [4.69, 9.17) is 4.42 Å². The first-order valence-electron chi connectivity index (χ1n) is 8.21. The van der Waals surface area contributed by atoms with Gasteiger partial charge in [0.1, 0.15) is 11.5 Å². The quantitative estimate of drug-likeness (QED) is 0.292. The van der Waals surface area contributed by atoms with Crippen LogP contribution in [0.15, 0.2) is 40.8 Å². The van der Waals surface area contributed by atoms with Gasteiger partial charge in [0.25, 0.3) is 0 Å². The molecule has 136 valence electrons. The van der Waals surface area contributed by atoms with Gasteiger partial charge in [0.2, 0.25) is 0 Å². The van der Waals surface area contributed by atoms with E-state index in [9.17, 15) is 0 Å². The molecule has 3 heterocycles. The van der Waals surface area contributed by atoms with Crippen LogP contribution in [0.1, 0.15) is 44.0 Å². The van der Waals surface area contributed by atoms with E-state index in [2.05, 4.69) is 63.8 Å². The van der Waals surface area contributed by atoms with Gasteiger partial charge in [-0.25, -0.2) is 0 Å². The van der Waals surface area contributed by atoms with Crippen molar-refractivity contribution < 1.29 is 4.42 Å². The van der Waals surface area contributed by atoms with E-state index in [0.717, 1.165) is 11.5 Å². The average molecular weight is 422 g/mol. The van der Waals surface area contributed by atoms with E-state index < -0.39 is 0 Å². The van der Waals surface area contributed by atoms with Crippen molar-refractivity contribution in [2.24, 2.45) is 0 Å². The first-order chi connectivity index (χ1) is 11.8. The van der Waals surface area contributed by atoms with Crippen molar-refractivity contribution >= 4 is 25.8 Å². The Bertz CT molecular complexity index is 619. The molecule has 0 fully saturated rings. The smallest absolute Gasteiger partial charge is 0.101 e. The Hall–Kier alpha value is -1.46. The van der Waals surface area contributed by atoms with Crippen molar-refractivity contribution in [3.8, 4) is 11.8 Å². The fourth-order valence-electron chi connectivity index (χ4n) is 1.67. The van der Waals surface area contributed by atoms with Crippen LogP contribution in [0.25, 0.3) is 0 Å². The molecular weight excluding hydrogens is 391 g/mol. The molecular formula is C22H30OSSe. The average Bonchev–Trinajstić information content (AvgIpc) is 3.24. The van der Waals surface area contributed by atoms with Crippen molar-refractivity contribution in [3.63, 3.8) is 0 Å². The molecule has 0 aliphatic rings. The summed E-state index contributed by atoms with van der Waals surface area (Å²) in [6.45, 7) is 16.1. The van der Waals surface area contributed by atoms with Gasteiger partial charge < -0.3 is 4.42 Å². The maximum absolute atomic E-state index is 5.08. The van der Waals surface area contributed by atoms with E-state index in [-0.39, 0.29) is 0 Å². The summed E-state index contributed by atoms with van der Waals surface area (Å²) < 4.78 is 8.18. The summed E-state index contributed by atoms with van der Waals surface area (Å²) in [6, 6.07) is 12.6. The van der Waals surface area contributed by atoms with Crippen LogP contribution in [0.5, 0.6) is 0 Å². The second-order valence-electron chi connectivity index (χ2n) is 5.47. The second kappa shape index (κ2) is 13.8. The minimum Gasteiger partial charge on any atom is -0.467 e. The third-order valence-electron chi connectivity index (χ3n) is 2.87. The number of rotatable bonds is 0. The van der Waals surface area contributed by atoms with Crippen LogP contribution < -0.4 is 0 Å². The molecule has 0 aliphatic carbocycles. The minimum atomic E-state index is 0.708. The zero-order valence-electron chi connectivity index (χ0n) is 16.7. The minimum absolute atomic E-state index is 0.708. The van der Waals surface area contributed by atoms with Crippen LogP contribution in [-0.2, 0) is 0 Å². The topological polar surface area (TPSA) is 13.1 Å². The summed E-state index contributed by atoms with van der Waals surface area (Å²) in [5.74, 6) is 7.33. The van der Waals surface area contributed by atoms with Crippen molar-refractivity contribution in [2.45, 2.75) is 55.4 Å². The van der Waals surface area contributed by atoms with Gasteiger partial charge in [-0.05, 0) is 65.8 Å². The van der Waals surface area contributed by atoms with Crippen molar-refractivity contribution in [2.75, 3.05) is 0 Å². The van der Waals surface area contributed by atoms with Gasteiger partial charge in [0.15, 0.2) is 0 Å². The number of thiophene rings is 1. The Morgan fingerprint density at radius 3 is 1.20 bits per heavy atom. The predicted molar refractivity (Wildman–Crippen MR) is 114 cm³/mol. The third-order valence-corrected chi connectivity index (χ3v) is 5.71. The van der Waals surface area contributed by atoms with E-state index in [1.807, 2.05) is 51.2 Å². The van der Waals surface area contributed by atoms with Gasteiger partial charge in [0, 0.05) is 9.75 Å². The van der Waals surface area contributed by atoms with Crippen LogP contribution in [0.2, 0.25) is 0 Å². The van der Waals surface area contributed by atoms with E-state index >= 15 is 0 Å². The Kier molecular flexibility index (Phi) is 13.0. The maximum atomic E-state index is 5.08. The fourth-order valence-corrected chi connectivity index (χ4v) is 4.09.